The molecule has 0 fully saturated rings. The van der Waals surface area contributed by atoms with Gasteiger partial charge in [-0.2, -0.15) is 0 Å². The van der Waals surface area contributed by atoms with E-state index >= 15 is 0 Å². The first kappa shape index (κ1) is 9.71. The number of aliphatic carboxylic acids is 1. The van der Waals surface area contributed by atoms with Crippen LogP contribution in [0.2, 0.25) is 0 Å². The molecular formula is C11H11NO3. The van der Waals surface area contributed by atoms with Crippen molar-refractivity contribution in [3.05, 3.63) is 35.9 Å². The topological polar surface area (TPSA) is 58.9 Å². The van der Waals surface area contributed by atoms with Crippen molar-refractivity contribution >= 4 is 11.7 Å². The van der Waals surface area contributed by atoms with Crippen LogP contribution in [-0.4, -0.2) is 22.9 Å². The second-order valence-electron chi connectivity index (χ2n) is 3.47. The predicted molar refractivity (Wildman–Crippen MR) is 54.7 cm³/mol. The summed E-state index contributed by atoms with van der Waals surface area (Å²) in [5, 5.41) is 12.9. The van der Waals surface area contributed by atoms with Gasteiger partial charge in [0, 0.05) is 5.56 Å². The molecule has 0 spiro atoms. The summed E-state index contributed by atoms with van der Waals surface area (Å²) in [6.45, 7) is 1.71. The van der Waals surface area contributed by atoms with Crippen LogP contribution in [0.15, 0.2) is 35.5 Å². The Morgan fingerprint density at radius 1 is 1.40 bits per heavy atom. The van der Waals surface area contributed by atoms with E-state index in [0.717, 1.165) is 5.56 Å². The van der Waals surface area contributed by atoms with Gasteiger partial charge in [-0.05, 0) is 6.92 Å². The summed E-state index contributed by atoms with van der Waals surface area (Å²) >= 11 is 0. The molecule has 0 unspecified atom stereocenters. The number of carboxylic acid groups (broad SMARTS) is 1. The van der Waals surface area contributed by atoms with Crippen LogP contribution in [0.3, 0.4) is 0 Å². The third-order valence-electron chi connectivity index (χ3n) is 2.42. The van der Waals surface area contributed by atoms with Crippen molar-refractivity contribution < 1.29 is 14.7 Å². The lowest BCUT2D eigenvalue weighted by molar-refractivity contribution is -0.141. The van der Waals surface area contributed by atoms with Crippen molar-refractivity contribution in [2.75, 3.05) is 0 Å². The maximum absolute atomic E-state index is 11.0. The van der Waals surface area contributed by atoms with Crippen molar-refractivity contribution in [1.82, 2.24) is 0 Å². The number of carboxylic acids is 1. The molecule has 0 aromatic heterocycles. The lowest BCUT2D eigenvalue weighted by atomic mass is 9.93. The quantitative estimate of drug-likeness (QED) is 0.796. The molecule has 0 saturated heterocycles. The second kappa shape index (κ2) is 3.73. The smallest absolute Gasteiger partial charge is 0.316 e. The molecule has 0 radical (unpaired) electrons. The Hall–Kier alpha value is -1.84. The first-order valence-corrected chi connectivity index (χ1v) is 4.72. The fourth-order valence-electron chi connectivity index (χ4n) is 1.64. The molecule has 78 valence electrons. The average molecular weight is 205 g/mol. The zero-order valence-corrected chi connectivity index (χ0v) is 8.25. The third-order valence-corrected chi connectivity index (χ3v) is 2.42. The minimum absolute atomic E-state index is 0.405. The molecule has 0 bridgehead atoms. The van der Waals surface area contributed by atoms with Gasteiger partial charge in [-0.3, -0.25) is 4.79 Å². The van der Waals surface area contributed by atoms with Gasteiger partial charge >= 0.3 is 5.97 Å². The van der Waals surface area contributed by atoms with Gasteiger partial charge in [0.2, 0.25) is 0 Å². The lowest BCUT2D eigenvalue weighted by Crippen LogP contribution is -2.29. The highest BCUT2D eigenvalue weighted by Gasteiger charge is 2.37. The van der Waals surface area contributed by atoms with Gasteiger partial charge in [-0.25, -0.2) is 0 Å². The molecule has 1 aliphatic heterocycles. The minimum atomic E-state index is -0.900. The van der Waals surface area contributed by atoms with Crippen LogP contribution in [-0.2, 0) is 9.63 Å². The maximum atomic E-state index is 11.0. The molecule has 0 amide bonds. The maximum Gasteiger partial charge on any atom is 0.316 e. The Kier molecular flexibility index (Phi) is 2.41. The first-order valence-electron chi connectivity index (χ1n) is 4.72. The highest BCUT2D eigenvalue weighted by atomic mass is 16.6. The number of carbonyl (C=O) groups is 1. The molecule has 4 nitrogen and oxygen atoms in total. The van der Waals surface area contributed by atoms with Crippen LogP contribution in [0.5, 0.6) is 0 Å². The Morgan fingerprint density at radius 3 is 2.67 bits per heavy atom. The molecule has 1 aliphatic rings. The third kappa shape index (κ3) is 1.70. The van der Waals surface area contributed by atoms with Crippen LogP contribution in [0.25, 0.3) is 0 Å². The standard InChI is InChI=1S/C11H11NO3/c1-7-9(11(13)14)10(12-15-7)8-5-3-2-4-6-8/h2-7,9H,1H3,(H,13,14)/t7-,9-/m0/s1. The summed E-state index contributed by atoms with van der Waals surface area (Å²) in [6, 6.07) is 9.23. The number of oxime groups is 1. The molecule has 4 heteroatoms. The van der Waals surface area contributed by atoms with Crippen LogP contribution in [0.1, 0.15) is 12.5 Å². The highest BCUT2D eigenvalue weighted by molar-refractivity contribution is 6.12. The lowest BCUT2D eigenvalue weighted by Gasteiger charge is -2.09. The Morgan fingerprint density at radius 2 is 2.07 bits per heavy atom. The van der Waals surface area contributed by atoms with E-state index in [9.17, 15) is 4.79 Å². The monoisotopic (exact) mass is 205 g/mol. The van der Waals surface area contributed by atoms with Gasteiger partial charge in [0.05, 0.1) is 0 Å². The Labute approximate surface area is 87.2 Å². The molecule has 1 aromatic rings. The normalized spacial score (nSPS) is 24.5. The number of hydrogen-bond donors (Lipinski definition) is 1. The fraction of sp³-hybridized carbons (Fsp3) is 0.273. The van der Waals surface area contributed by atoms with Gasteiger partial charge in [-0.15, -0.1) is 0 Å². The van der Waals surface area contributed by atoms with E-state index in [1.807, 2.05) is 30.3 Å². The molecule has 15 heavy (non-hydrogen) atoms. The second-order valence-corrected chi connectivity index (χ2v) is 3.47. The molecule has 2 atom stereocenters. The molecule has 0 saturated carbocycles. The fourth-order valence-corrected chi connectivity index (χ4v) is 1.64. The van der Waals surface area contributed by atoms with E-state index in [-0.39, 0.29) is 0 Å². The first-order chi connectivity index (χ1) is 7.20. The van der Waals surface area contributed by atoms with Crippen molar-refractivity contribution in [3.8, 4) is 0 Å². The van der Waals surface area contributed by atoms with Gasteiger partial charge < -0.3 is 9.94 Å². The van der Waals surface area contributed by atoms with E-state index < -0.39 is 18.0 Å². The van der Waals surface area contributed by atoms with Crippen molar-refractivity contribution in [1.29, 1.82) is 0 Å². The van der Waals surface area contributed by atoms with Crippen molar-refractivity contribution in [2.24, 2.45) is 11.1 Å². The van der Waals surface area contributed by atoms with Crippen LogP contribution >= 0.6 is 0 Å². The summed E-state index contributed by atoms with van der Waals surface area (Å²) in [7, 11) is 0. The summed E-state index contributed by atoms with van der Waals surface area (Å²) in [6.07, 6.45) is -0.405. The van der Waals surface area contributed by atoms with E-state index in [1.165, 1.54) is 0 Å². The number of benzene rings is 1. The summed E-state index contributed by atoms with van der Waals surface area (Å²) in [5.74, 6) is -1.57. The zero-order valence-electron chi connectivity index (χ0n) is 8.25. The molecule has 1 aromatic carbocycles. The van der Waals surface area contributed by atoms with E-state index in [2.05, 4.69) is 5.16 Å². The summed E-state index contributed by atoms with van der Waals surface area (Å²) < 4.78 is 0. The van der Waals surface area contributed by atoms with Gasteiger partial charge in [0.25, 0.3) is 0 Å². The van der Waals surface area contributed by atoms with Gasteiger partial charge in [0.15, 0.2) is 0 Å². The van der Waals surface area contributed by atoms with Crippen LogP contribution < -0.4 is 0 Å². The summed E-state index contributed by atoms with van der Waals surface area (Å²) in [5.41, 5.74) is 1.30. The van der Waals surface area contributed by atoms with Crippen LogP contribution in [0.4, 0.5) is 0 Å². The van der Waals surface area contributed by atoms with Gasteiger partial charge in [0.1, 0.15) is 17.7 Å². The summed E-state index contributed by atoms with van der Waals surface area (Å²) in [4.78, 5) is 16.0. The minimum Gasteiger partial charge on any atom is -0.481 e. The average Bonchev–Trinajstić information content (AvgIpc) is 2.61. The SMILES string of the molecule is C[C@@H]1ON=C(c2ccccc2)[C@H]1C(=O)O. The van der Waals surface area contributed by atoms with E-state index in [1.54, 1.807) is 6.92 Å². The Bertz CT molecular complexity index is 400. The van der Waals surface area contributed by atoms with Crippen molar-refractivity contribution in [2.45, 2.75) is 13.0 Å². The number of hydrogen-bond acceptors (Lipinski definition) is 3. The van der Waals surface area contributed by atoms with E-state index in [0.29, 0.717) is 5.71 Å². The molecule has 0 aliphatic carbocycles. The van der Waals surface area contributed by atoms with E-state index in [4.69, 9.17) is 9.94 Å². The highest BCUT2D eigenvalue weighted by Crippen LogP contribution is 2.23. The van der Waals surface area contributed by atoms with Crippen LogP contribution in [0, 0.1) is 5.92 Å². The predicted octanol–water partition coefficient (Wildman–Crippen LogP) is 1.51. The van der Waals surface area contributed by atoms with Crippen molar-refractivity contribution in [3.63, 3.8) is 0 Å². The largest absolute Gasteiger partial charge is 0.481 e. The molecule has 2 rings (SSSR count). The Balaban J connectivity index is 2.34. The molecular weight excluding hydrogens is 194 g/mol. The molecule has 1 heterocycles. The molecule has 1 N–H and O–H groups in total. The number of nitrogens with zero attached hydrogens (tertiary/aromatic N) is 1. The zero-order chi connectivity index (χ0) is 10.8. The number of rotatable bonds is 2. The van der Waals surface area contributed by atoms with Gasteiger partial charge in [-0.1, -0.05) is 35.5 Å².